The molecular formula is C16H21N3O. The number of rotatable bonds is 2. The van der Waals surface area contributed by atoms with Crippen LogP contribution in [0.3, 0.4) is 0 Å². The number of carbonyl (C=O) groups is 1. The number of aryl methyl sites for hydroxylation is 1. The van der Waals surface area contributed by atoms with Gasteiger partial charge in [-0.3, -0.25) is 4.79 Å². The third-order valence-electron chi connectivity index (χ3n) is 4.18. The number of amides is 1. The van der Waals surface area contributed by atoms with Gasteiger partial charge in [-0.05, 0) is 37.0 Å². The van der Waals surface area contributed by atoms with Gasteiger partial charge in [-0.1, -0.05) is 13.8 Å². The van der Waals surface area contributed by atoms with E-state index in [2.05, 4.69) is 23.8 Å². The molecule has 1 amide bonds. The topological polar surface area (TPSA) is 49.0 Å². The van der Waals surface area contributed by atoms with Crippen molar-refractivity contribution < 1.29 is 4.79 Å². The predicted octanol–water partition coefficient (Wildman–Crippen LogP) is 3.00. The van der Waals surface area contributed by atoms with Crippen LogP contribution in [0.15, 0.2) is 18.2 Å². The highest BCUT2D eigenvalue weighted by molar-refractivity contribution is 5.97. The Morgan fingerprint density at radius 2 is 2.15 bits per heavy atom. The normalized spacial score (nSPS) is 16.8. The Labute approximate surface area is 119 Å². The van der Waals surface area contributed by atoms with Gasteiger partial charge >= 0.3 is 0 Å². The Morgan fingerprint density at radius 1 is 1.40 bits per heavy atom. The SMILES string of the molecule is CCc1nc2ccc(C(=O)N3CCC(C)CC3)cc2[nH]1. The molecule has 106 valence electrons. The van der Waals surface area contributed by atoms with Crippen LogP contribution < -0.4 is 0 Å². The van der Waals surface area contributed by atoms with Crippen molar-refractivity contribution in [2.24, 2.45) is 5.92 Å². The maximum atomic E-state index is 12.5. The summed E-state index contributed by atoms with van der Waals surface area (Å²) in [7, 11) is 0. The third kappa shape index (κ3) is 2.42. The van der Waals surface area contributed by atoms with E-state index in [0.29, 0.717) is 0 Å². The standard InChI is InChI=1S/C16H21N3O/c1-3-15-17-13-5-4-12(10-14(13)18-15)16(20)19-8-6-11(2)7-9-19/h4-5,10-11H,3,6-9H2,1-2H3,(H,17,18). The number of carbonyl (C=O) groups excluding carboxylic acids is 1. The lowest BCUT2D eigenvalue weighted by molar-refractivity contribution is 0.0697. The first kappa shape index (κ1) is 13.2. The zero-order chi connectivity index (χ0) is 14.1. The molecule has 0 bridgehead atoms. The molecule has 1 fully saturated rings. The van der Waals surface area contributed by atoms with Crippen LogP contribution in [-0.2, 0) is 6.42 Å². The summed E-state index contributed by atoms with van der Waals surface area (Å²) < 4.78 is 0. The molecule has 2 aromatic rings. The summed E-state index contributed by atoms with van der Waals surface area (Å²) in [5.74, 6) is 1.85. The van der Waals surface area contributed by atoms with E-state index in [0.717, 1.165) is 60.7 Å². The highest BCUT2D eigenvalue weighted by Gasteiger charge is 2.21. The lowest BCUT2D eigenvalue weighted by atomic mass is 9.98. The summed E-state index contributed by atoms with van der Waals surface area (Å²) in [5.41, 5.74) is 2.65. The van der Waals surface area contributed by atoms with Crippen LogP contribution in [0, 0.1) is 5.92 Å². The molecule has 4 nitrogen and oxygen atoms in total. The predicted molar refractivity (Wildman–Crippen MR) is 79.8 cm³/mol. The molecule has 1 aliphatic rings. The molecule has 20 heavy (non-hydrogen) atoms. The highest BCUT2D eigenvalue weighted by Crippen LogP contribution is 2.20. The minimum atomic E-state index is 0.145. The number of imidazole rings is 1. The number of nitrogens with zero attached hydrogens (tertiary/aromatic N) is 2. The molecular weight excluding hydrogens is 250 g/mol. The second kappa shape index (κ2) is 5.27. The molecule has 4 heteroatoms. The Bertz CT molecular complexity index is 624. The zero-order valence-corrected chi connectivity index (χ0v) is 12.1. The van der Waals surface area contributed by atoms with E-state index < -0.39 is 0 Å². The number of likely N-dealkylation sites (tertiary alicyclic amines) is 1. The second-order valence-electron chi connectivity index (χ2n) is 5.74. The van der Waals surface area contributed by atoms with Gasteiger partial charge in [0.05, 0.1) is 11.0 Å². The number of fused-ring (bicyclic) bond motifs is 1. The minimum Gasteiger partial charge on any atom is -0.342 e. The van der Waals surface area contributed by atoms with E-state index in [9.17, 15) is 4.79 Å². The fraction of sp³-hybridized carbons (Fsp3) is 0.500. The van der Waals surface area contributed by atoms with Crippen molar-refractivity contribution in [3.63, 3.8) is 0 Å². The molecule has 0 saturated carbocycles. The average molecular weight is 271 g/mol. The second-order valence-corrected chi connectivity index (χ2v) is 5.74. The van der Waals surface area contributed by atoms with Crippen LogP contribution in [-0.4, -0.2) is 33.9 Å². The first-order valence-corrected chi connectivity index (χ1v) is 7.45. The monoisotopic (exact) mass is 271 g/mol. The van der Waals surface area contributed by atoms with E-state index in [1.165, 1.54) is 0 Å². The summed E-state index contributed by atoms with van der Waals surface area (Å²) >= 11 is 0. The Balaban J connectivity index is 1.84. The maximum Gasteiger partial charge on any atom is 0.253 e. The van der Waals surface area contributed by atoms with Crippen molar-refractivity contribution in [1.82, 2.24) is 14.9 Å². The van der Waals surface area contributed by atoms with Gasteiger partial charge in [0, 0.05) is 25.1 Å². The quantitative estimate of drug-likeness (QED) is 0.912. The molecule has 3 rings (SSSR count). The Kier molecular flexibility index (Phi) is 3.47. The number of H-pyrrole nitrogens is 1. The van der Waals surface area contributed by atoms with Crippen LogP contribution in [0.5, 0.6) is 0 Å². The third-order valence-corrected chi connectivity index (χ3v) is 4.18. The van der Waals surface area contributed by atoms with Gasteiger partial charge in [0.1, 0.15) is 5.82 Å². The minimum absolute atomic E-state index is 0.145. The molecule has 0 aliphatic carbocycles. The van der Waals surface area contributed by atoms with Crippen LogP contribution in [0.4, 0.5) is 0 Å². The van der Waals surface area contributed by atoms with Gasteiger partial charge < -0.3 is 9.88 Å². The molecule has 1 saturated heterocycles. The number of aromatic amines is 1. The summed E-state index contributed by atoms with van der Waals surface area (Å²) in [5, 5.41) is 0. The molecule has 2 heterocycles. The number of hydrogen-bond acceptors (Lipinski definition) is 2. The molecule has 0 spiro atoms. The lowest BCUT2D eigenvalue weighted by Crippen LogP contribution is -2.37. The Hall–Kier alpha value is -1.84. The molecule has 0 radical (unpaired) electrons. The fourth-order valence-electron chi connectivity index (χ4n) is 2.76. The van der Waals surface area contributed by atoms with Gasteiger partial charge in [0.25, 0.3) is 5.91 Å². The van der Waals surface area contributed by atoms with E-state index >= 15 is 0 Å². The van der Waals surface area contributed by atoms with E-state index in [1.54, 1.807) is 0 Å². The van der Waals surface area contributed by atoms with Gasteiger partial charge in [-0.25, -0.2) is 4.98 Å². The smallest absolute Gasteiger partial charge is 0.253 e. The Morgan fingerprint density at radius 3 is 2.85 bits per heavy atom. The van der Waals surface area contributed by atoms with E-state index in [1.807, 2.05) is 23.1 Å². The number of hydrogen-bond donors (Lipinski definition) is 1. The highest BCUT2D eigenvalue weighted by atomic mass is 16.2. The van der Waals surface area contributed by atoms with Crippen molar-refractivity contribution in [3.05, 3.63) is 29.6 Å². The molecule has 0 atom stereocenters. The number of benzene rings is 1. The van der Waals surface area contributed by atoms with Crippen LogP contribution in [0.2, 0.25) is 0 Å². The first-order valence-electron chi connectivity index (χ1n) is 7.45. The van der Waals surface area contributed by atoms with Gasteiger partial charge in [-0.15, -0.1) is 0 Å². The summed E-state index contributed by atoms with van der Waals surface area (Å²) in [6, 6.07) is 5.76. The van der Waals surface area contributed by atoms with E-state index in [-0.39, 0.29) is 5.91 Å². The van der Waals surface area contributed by atoms with Crippen molar-refractivity contribution in [3.8, 4) is 0 Å². The van der Waals surface area contributed by atoms with Crippen LogP contribution >= 0.6 is 0 Å². The largest absolute Gasteiger partial charge is 0.342 e. The van der Waals surface area contributed by atoms with Crippen molar-refractivity contribution in [1.29, 1.82) is 0 Å². The maximum absolute atomic E-state index is 12.5. The molecule has 1 aliphatic heterocycles. The molecule has 1 aromatic carbocycles. The van der Waals surface area contributed by atoms with Crippen LogP contribution in [0.25, 0.3) is 11.0 Å². The number of nitrogens with one attached hydrogen (secondary N) is 1. The van der Waals surface area contributed by atoms with Crippen molar-refractivity contribution in [2.45, 2.75) is 33.1 Å². The summed E-state index contributed by atoms with van der Waals surface area (Å²) in [6.45, 7) is 6.08. The van der Waals surface area contributed by atoms with Crippen molar-refractivity contribution >= 4 is 16.9 Å². The first-order chi connectivity index (χ1) is 9.67. The summed E-state index contributed by atoms with van der Waals surface area (Å²) in [4.78, 5) is 22.2. The molecule has 0 unspecified atom stereocenters. The molecule has 1 N–H and O–H groups in total. The van der Waals surface area contributed by atoms with Crippen LogP contribution in [0.1, 0.15) is 42.9 Å². The number of aromatic nitrogens is 2. The lowest BCUT2D eigenvalue weighted by Gasteiger charge is -2.30. The summed E-state index contributed by atoms with van der Waals surface area (Å²) in [6.07, 6.45) is 3.10. The van der Waals surface area contributed by atoms with Crippen molar-refractivity contribution in [2.75, 3.05) is 13.1 Å². The van der Waals surface area contributed by atoms with Gasteiger partial charge in [0.15, 0.2) is 0 Å². The average Bonchev–Trinajstić information content (AvgIpc) is 2.89. The zero-order valence-electron chi connectivity index (χ0n) is 12.1. The van der Waals surface area contributed by atoms with Gasteiger partial charge in [0.2, 0.25) is 0 Å². The van der Waals surface area contributed by atoms with E-state index in [4.69, 9.17) is 0 Å². The molecule has 1 aromatic heterocycles. The van der Waals surface area contributed by atoms with Gasteiger partial charge in [-0.2, -0.15) is 0 Å². The fourth-order valence-corrected chi connectivity index (χ4v) is 2.76. The number of piperidine rings is 1.